The Kier molecular flexibility index (Phi) is 3.86. The number of benzene rings is 1. The van der Waals surface area contributed by atoms with Crippen molar-refractivity contribution in [3.63, 3.8) is 0 Å². The average Bonchev–Trinajstić information content (AvgIpc) is 3.24. The number of ether oxygens (including phenoxy) is 2. The number of hydrogen-bond acceptors (Lipinski definition) is 7. The lowest BCUT2D eigenvalue weighted by Crippen LogP contribution is -2.33. The first-order valence-corrected chi connectivity index (χ1v) is 7.93. The van der Waals surface area contributed by atoms with E-state index >= 15 is 0 Å². The van der Waals surface area contributed by atoms with Gasteiger partial charge in [-0.1, -0.05) is 29.4 Å². The number of para-hydroxylation sites is 2. The van der Waals surface area contributed by atoms with Gasteiger partial charge in [-0.05, 0) is 18.6 Å². The van der Waals surface area contributed by atoms with Crippen molar-refractivity contribution in [3.05, 3.63) is 36.3 Å². The molecular formula is C16H17N5O3. The summed E-state index contributed by atoms with van der Waals surface area (Å²) in [5.74, 6) is 2.58. The average molecular weight is 327 g/mol. The highest BCUT2D eigenvalue weighted by molar-refractivity contribution is 5.43. The molecule has 0 amide bonds. The van der Waals surface area contributed by atoms with Gasteiger partial charge in [0.15, 0.2) is 29.1 Å². The van der Waals surface area contributed by atoms with E-state index in [9.17, 15) is 0 Å². The number of rotatable bonds is 5. The van der Waals surface area contributed by atoms with Crippen LogP contribution < -0.4 is 9.47 Å². The van der Waals surface area contributed by atoms with E-state index < -0.39 is 0 Å². The zero-order valence-electron chi connectivity index (χ0n) is 13.3. The van der Waals surface area contributed by atoms with Crippen LogP contribution in [0.15, 0.2) is 35.0 Å². The molecule has 0 saturated carbocycles. The maximum Gasteiger partial charge on any atom is 0.280 e. The van der Waals surface area contributed by atoms with Gasteiger partial charge in [-0.25, -0.2) is 4.68 Å². The van der Waals surface area contributed by atoms with Gasteiger partial charge in [0.05, 0.1) is 12.7 Å². The van der Waals surface area contributed by atoms with Crippen LogP contribution in [0.1, 0.15) is 19.2 Å². The largest absolute Gasteiger partial charge is 0.486 e. The fraction of sp³-hybridized carbons (Fsp3) is 0.375. The quantitative estimate of drug-likeness (QED) is 0.709. The van der Waals surface area contributed by atoms with Crippen LogP contribution in [0.2, 0.25) is 0 Å². The van der Waals surface area contributed by atoms with E-state index in [1.54, 1.807) is 10.9 Å². The molecule has 4 rings (SSSR count). The van der Waals surface area contributed by atoms with Gasteiger partial charge >= 0.3 is 0 Å². The first-order valence-electron chi connectivity index (χ1n) is 7.93. The predicted molar refractivity (Wildman–Crippen MR) is 83.7 cm³/mol. The van der Waals surface area contributed by atoms with E-state index in [0.717, 1.165) is 24.3 Å². The number of hydrogen-bond donors (Lipinski definition) is 0. The predicted octanol–water partition coefficient (Wildman–Crippen LogP) is 2.12. The van der Waals surface area contributed by atoms with Crippen molar-refractivity contribution < 1.29 is 14.0 Å². The first-order chi connectivity index (χ1) is 11.8. The minimum atomic E-state index is -0.132. The number of aryl methyl sites for hydroxylation is 1. The maximum atomic E-state index is 5.92. The second-order valence-corrected chi connectivity index (χ2v) is 5.59. The summed E-state index contributed by atoms with van der Waals surface area (Å²) >= 11 is 0. The van der Waals surface area contributed by atoms with E-state index in [1.807, 2.05) is 24.3 Å². The molecule has 3 heterocycles. The number of nitrogens with zero attached hydrogens (tertiary/aromatic N) is 5. The van der Waals surface area contributed by atoms with Gasteiger partial charge in [0, 0.05) is 6.42 Å². The van der Waals surface area contributed by atoms with E-state index in [-0.39, 0.29) is 6.10 Å². The molecule has 0 N–H and O–H groups in total. The molecule has 1 aromatic carbocycles. The summed E-state index contributed by atoms with van der Waals surface area (Å²) in [4.78, 5) is 4.31. The molecule has 24 heavy (non-hydrogen) atoms. The third-order valence-corrected chi connectivity index (χ3v) is 3.66. The van der Waals surface area contributed by atoms with E-state index in [2.05, 4.69) is 27.4 Å². The van der Waals surface area contributed by atoms with Crippen molar-refractivity contribution in [3.8, 4) is 23.1 Å². The fourth-order valence-corrected chi connectivity index (χ4v) is 2.53. The fourth-order valence-electron chi connectivity index (χ4n) is 2.53. The lowest BCUT2D eigenvalue weighted by atomic mass is 10.2. The van der Waals surface area contributed by atoms with Crippen LogP contribution in [0.4, 0.5) is 0 Å². The second-order valence-electron chi connectivity index (χ2n) is 5.59. The van der Waals surface area contributed by atoms with Gasteiger partial charge in [-0.3, -0.25) is 0 Å². The van der Waals surface area contributed by atoms with Crippen LogP contribution in [-0.4, -0.2) is 37.8 Å². The minimum absolute atomic E-state index is 0.132. The second kappa shape index (κ2) is 6.31. The summed E-state index contributed by atoms with van der Waals surface area (Å²) < 4.78 is 18.5. The molecule has 2 aromatic heterocycles. The Morgan fingerprint density at radius 3 is 3.00 bits per heavy atom. The summed E-state index contributed by atoms with van der Waals surface area (Å²) in [7, 11) is 0. The Hall–Kier alpha value is -2.90. The van der Waals surface area contributed by atoms with Gasteiger partial charge in [0.1, 0.15) is 6.61 Å². The summed E-state index contributed by atoms with van der Waals surface area (Å²) in [5, 5.41) is 12.1. The smallest absolute Gasteiger partial charge is 0.280 e. The van der Waals surface area contributed by atoms with Gasteiger partial charge in [-0.15, -0.1) is 5.10 Å². The normalized spacial score (nSPS) is 16.3. The summed E-state index contributed by atoms with van der Waals surface area (Å²) in [5.41, 5.74) is 0.557. The van der Waals surface area contributed by atoms with Crippen molar-refractivity contribution in [2.24, 2.45) is 0 Å². The highest BCUT2D eigenvalue weighted by Crippen LogP contribution is 2.31. The van der Waals surface area contributed by atoms with Crippen LogP contribution in [0.5, 0.6) is 11.5 Å². The van der Waals surface area contributed by atoms with Crippen LogP contribution in [0.3, 0.4) is 0 Å². The van der Waals surface area contributed by atoms with Gasteiger partial charge in [0.25, 0.3) is 5.89 Å². The molecule has 0 bridgehead atoms. The zero-order chi connectivity index (χ0) is 16.4. The highest BCUT2D eigenvalue weighted by atomic mass is 16.6. The standard InChI is InChI=1S/C16H17N5O3/c1-2-5-15-17-16(24-19-15)12-9-21(20-18-12)8-11-10-22-13-6-3-4-7-14(13)23-11/h3-4,6-7,9,11H,2,5,8,10H2,1H3/t11-/m1/s1. The van der Waals surface area contributed by atoms with Crippen LogP contribution in [0.25, 0.3) is 11.6 Å². The Bertz CT molecular complexity index is 828. The molecule has 124 valence electrons. The van der Waals surface area contributed by atoms with Gasteiger partial charge < -0.3 is 14.0 Å². The van der Waals surface area contributed by atoms with Crippen molar-refractivity contribution in [1.82, 2.24) is 25.1 Å². The van der Waals surface area contributed by atoms with Crippen LogP contribution in [-0.2, 0) is 13.0 Å². The molecule has 0 fully saturated rings. The molecule has 1 aliphatic heterocycles. The third kappa shape index (κ3) is 2.94. The van der Waals surface area contributed by atoms with E-state index in [0.29, 0.717) is 30.6 Å². The van der Waals surface area contributed by atoms with Crippen molar-refractivity contribution in [2.75, 3.05) is 6.61 Å². The van der Waals surface area contributed by atoms with Crippen LogP contribution in [0, 0.1) is 0 Å². The lowest BCUT2D eigenvalue weighted by molar-refractivity contribution is 0.0755. The summed E-state index contributed by atoms with van der Waals surface area (Å²) in [6.07, 6.45) is 3.39. The minimum Gasteiger partial charge on any atom is -0.486 e. The maximum absolute atomic E-state index is 5.92. The first kappa shape index (κ1) is 14.7. The molecule has 8 heteroatoms. The van der Waals surface area contributed by atoms with E-state index in [1.165, 1.54) is 0 Å². The number of aromatic nitrogens is 5. The molecule has 0 aliphatic carbocycles. The van der Waals surface area contributed by atoms with Crippen molar-refractivity contribution in [1.29, 1.82) is 0 Å². The van der Waals surface area contributed by atoms with Gasteiger partial charge in [0.2, 0.25) is 0 Å². The SMILES string of the molecule is CCCc1noc(-c2cn(C[C@@H]3COc4ccccc4O3)nn2)n1. The molecule has 3 aromatic rings. The van der Waals surface area contributed by atoms with Crippen LogP contribution >= 0.6 is 0 Å². The molecular weight excluding hydrogens is 310 g/mol. The number of fused-ring (bicyclic) bond motifs is 1. The topological polar surface area (TPSA) is 88.1 Å². The van der Waals surface area contributed by atoms with Crippen molar-refractivity contribution in [2.45, 2.75) is 32.4 Å². The van der Waals surface area contributed by atoms with E-state index in [4.69, 9.17) is 14.0 Å². The summed E-state index contributed by atoms with van der Waals surface area (Å²) in [6.45, 7) is 3.06. The molecule has 0 unspecified atom stereocenters. The highest BCUT2D eigenvalue weighted by Gasteiger charge is 2.22. The zero-order valence-corrected chi connectivity index (χ0v) is 13.3. The molecule has 0 radical (unpaired) electrons. The van der Waals surface area contributed by atoms with Gasteiger partial charge in [-0.2, -0.15) is 4.98 Å². The molecule has 0 spiro atoms. The lowest BCUT2D eigenvalue weighted by Gasteiger charge is -2.26. The Morgan fingerprint density at radius 1 is 1.25 bits per heavy atom. The third-order valence-electron chi connectivity index (χ3n) is 3.66. The molecule has 0 saturated heterocycles. The van der Waals surface area contributed by atoms with Crippen molar-refractivity contribution >= 4 is 0 Å². The monoisotopic (exact) mass is 327 g/mol. The Morgan fingerprint density at radius 2 is 2.12 bits per heavy atom. The Balaban J connectivity index is 1.44. The summed E-state index contributed by atoms with van der Waals surface area (Å²) in [6, 6.07) is 7.62. The Labute approximate surface area is 138 Å². The molecule has 1 atom stereocenters. The molecule has 8 nitrogen and oxygen atoms in total. The molecule has 1 aliphatic rings.